The van der Waals surface area contributed by atoms with Crippen LogP contribution in [-0.4, -0.2) is 64.2 Å². The van der Waals surface area contributed by atoms with Crippen LogP contribution >= 0.6 is 0 Å². The highest BCUT2D eigenvalue weighted by molar-refractivity contribution is 5.92. The van der Waals surface area contributed by atoms with E-state index in [4.69, 9.17) is 9.84 Å². The number of rotatable bonds is 4. The molecule has 0 aliphatic carbocycles. The van der Waals surface area contributed by atoms with Gasteiger partial charge in [-0.25, -0.2) is 0 Å². The van der Waals surface area contributed by atoms with E-state index in [1.54, 1.807) is 11.8 Å². The number of aromatic nitrogens is 2. The molecule has 7 heteroatoms. The van der Waals surface area contributed by atoms with Crippen molar-refractivity contribution in [3.05, 3.63) is 47.8 Å². The number of amides is 2. The first-order valence-electron chi connectivity index (χ1n) is 10.4. The van der Waals surface area contributed by atoms with Crippen molar-refractivity contribution in [3.63, 3.8) is 0 Å². The highest BCUT2D eigenvalue weighted by Gasteiger charge is 2.30. The smallest absolute Gasteiger partial charge is 0.271 e. The molecule has 3 heterocycles. The number of hydrogen-bond acceptors (Lipinski definition) is 4. The number of aryl methyl sites for hydroxylation is 1. The lowest BCUT2D eigenvalue weighted by molar-refractivity contribution is -0.139. The van der Waals surface area contributed by atoms with Crippen LogP contribution in [0, 0.1) is 0 Å². The molecule has 0 saturated carbocycles. The summed E-state index contributed by atoms with van der Waals surface area (Å²) in [5.74, 6) is 1.05. The van der Waals surface area contributed by atoms with E-state index in [0.29, 0.717) is 24.5 Å². The van der Waals surface area contributed by atoms with Gasteiger partial charge < -0.3 is 14.5 Å². The van der Waals surface area contributed by atoms with E-state index in [1.165, 1.54) is 0 Å². The predicted molar refractivity (Wildman–Crippen MR) is 109 cm³/mol. The van der Waals surface area contributed by atoms with Gasteiger partial charge in [-0.1, -0.05) is 18.2 Å². The molecule has 7 nitrogen and oxygen atoms in total. The topological polar surface area (TPSA) is 67.7 Å². The standard InChI is InChI=1S/C22H28N4O3/c1-16(29-18-7-4-3-5-8-18)21(27)25-13-9-17(10-14-25)19-15-20-22(28)24(2)11-6-12-26(20)23-19/h3-5,7-8,15-17H,6,9-14H2,1-2H3/t16-/m0/s1. The summed E-state index contributed by atoms with van der Waals surface area (Å²) in [6.07, 6.45) is 2.11. The average Bonchev–Trinajstić information content (AvgIpc) is 3.12. The van der Waals surface area contributed by atoms with Gasteiger partial charge in [0, 0.05) is 39.1 Å². The summed E-state index contributed by atoms with van der Waals surface area (Å²) in [5, 5.41) is 4.72. The number of para-hydroxylation sites is 1. The third-order valence-corrected chi connectivity index (χ3v) is 5.86. The van der Waals surface area contributed by atoms with E-state index >= 15 is 0 Å². The molecule has 2 aromatic rings. The summed E-state index contributed by atoms with van der Waals surface area (Å²) >= 11 is 0. The van der Waals surface area contributed by atoms with Crippen molar-refractivity contribution >= 4 is 11.8 Å². The Morgan fingerprint density at radius 3 is 2.59 bits per heavy atom. The van der Waals surface area contributed by atoms with Crippen LogP contribution in [0.25, 0.3) is 0 Å². The van der Waals surface area contributed by atoms with Crippen LogP contribution in [-0.2, 0) is 11.3 Å². The number of carbonyl (C=O) groups excluding carboxylic acids is 2. The van der Waals surface area contributed by atoms with Crippen LogP contribution in [0.3, 0.4) is 0 Å². The molecule has 0 radical (unpaired) electrons. The predicted octanol–water partition coefficient (Wildman–Crippen LogP) is 2.53. The van der Waals surface area contributed by atoms with Gasteiger partial charge in [-0.2, -0.15) is 5.10 Å². The number of fused-ring (bicyclic) bond motifs is 1. The van der Waals surface area contributed by atoms with E-state index < -0.39 is 6.10 Å². The molecule has 0 unspecified atom stereocenters. The maximum absolute atomic E-state index is 12.8. The SMILES string of the molecule is C[C@H](Oc1ccccc1)C(=O)N1CCC(c2cc3n(n2)CCCN(C)C3=O)CC1. The van der Waals surface area contributed by atoms with Gasteiger partial charge in [-0.05, 0) is 44.4 Å². The summed E-state index contributed by atoms with van der Waals surface area (Å²) < 4.78 is 7.64. The summed E-state index contributed by atoms with van der Waals surface area (Å²) in [5.41, 5.74) is 1.66. The minimum atomic E-state index is -0.509. The molecule has 0 bridgehead atoms. The third kappa shape index (κ3) is 4.13. The molecule has 1 aromatic heterocycles. The molecule has 1 saturated heterocycles. The Balaban J connectivity index is 1.36. The largest absolute Gasteiger partial charge is 0.481 e. The lowest BCUT2D eigenvalue weighted by atomic mass is 9.93. The highest BCUT2D eigenvalue weighted by atomic mass is 16.5. The monoisotopic (exact) mass is 396 g/mol. The first-order valence-corrected chi connectivity index (χ1v) is 10.4. The van der Waals surface area contributed by atoms with Gasteiger partial charge in [0.1, 0.15) is 11.4 Å². The Kier molecular flexibility index (Phi) is 5.56. The van der Waals surface area contributed by atoms with Crippen molar-refractivity contribution in [1.29, 1.82) is 0 Å². The normalized spacial score (nSPS) is 18.9. The molecular formula is C22H28N4O3. The molecule has 0 spiro atoms. The van der Waals surface area contributed by atoms with Crippen LogP contribution in [0.2, 0.25) is 0 Å². The highest BCUT2D eigenvalue weighted by Crippen LogP contribution is 2.29. The molecule has 0 N–H and O–H groups in total. The van der Waals surface area contributed by atoms with Gasteiger partial charge in [0.25, 0.3) is 11.8 Å². The van der Waals surface area contributed by atoms with Crippen molar-refractivity contribution in [2.24, 2.45) is 0 Å². The lowest BCUT2D eigenvalue weighted by Crippen LogP contribution is -2.44. The van der Waals surface area contributed by atoms with E-state index in [0.717, 1.165) is 38.0 Å². The van der Waals surface area contributed by atoms with Crippen LogP contribution in [0.15, 0.2) is 36.4 Å². The van der Waals surface area contributed by atoms with Gasteiger partial charge in [0.15, 0.2) is 6.10 Å². The van der Waals surface area contributed by atoms with Crippen molar-refractivity contribution in [3.8, 4) is 5.75 Å². The molecule has 2 aliphatic heterocycles. The van der Waals surface area contributed by atoms with E-state index in [2.05, 4.69) is 0 Å². The Hall–Kier alpha value is -2.83. The first-order chi connectivity index (χ1) is 14.0. The second-order valence-electron chi connectivity index (χ2n) is 7.93. The first kappa shape index (κ1) is 19.5. The number of carbonyl (C=O) groups is 2. The summed E-state index contributed by atoms with van der Waals surface area (Å²) in [6.45, 7) is 4.71. The number of ether oxygens (including phenoxy) is 1. The quantitative estimate of drug-likeness (QED) is 0.797. The van der Waals surface area contributed by atoms with Crippen molar-refractivity contribution in [2.75, 3.05) is 26.7 Å². The molecule has 1 fully saturated rings. The maximum Gasteiger partial charge on any atom is 0.271 e. The second kappa shape index (κ2) is 8.27. The van der Waals surface area contributed by atoms with Gasteiger partial charge in [0.2, 0.25) is 0 Å². The van der Waals surface area contributed by atoms with Gasteiger partial charge >= 0.3 is 0 Å². The lowest BCUT2D eigenvalue weighted by Gasteiger charge is -2.33. The molecule has 1 atom stereocenters. The van der Waals surface area contributed by atoms with E-state index in [1.807, 2.05) is 53.0 Å². The van der Waals surface area contributed by atoms with Gasteiger partial charge in [-0.3, -0.25) is 14.3 Å². The molecule has 1 aromatic carbocycles. The summed E-state index contributed by atoms with van der Waals surface area (Å²) in [7, 11) is 1.84. The Labute approximate surface area is 171 Å². The van der Waals surface area contributed by atoms with Crippen molar-refractivity contribution in [2.45, 2.75) is 44.8 Å². The molecular weight excluding hydrogens is 368 g/mol. The summed E-state index contributed by atoms with van der Waals surface area (Å²) in [4.78, 5) is 28.9. The number of benzene rings is 1. The third-order valence-electron chi connectivity index (χ3n) is 5.86. The maximum atomic E-state index is 12.8. The fourth-order valence-corrected chi connectivity index (χ4v) is 4.14. The van der Waals surface area contributed by atoms with E-state index in [9.17, 15) is 9.59 Å². The van der Waals surface area contributed by atoms with Gasteiger partial charge in [-0.15, -0.1) is 0 Å². The number of nitrogens with zero attached hydrogens (tertiary/aromatic N) is 4. The average molecular weight is 396 g/mol. The van der Waals surface area contributed by atoms with Gasteiger partial charge in [0.05, 0.1) is 5.69 Å². The minimum Gasteiger partial charge on any atom is -0.481 e. The molecule has 2 aliphatic rings. The zero-order valence-corrected chi connectivity index (χ0v) is 17.1. The molecule has 2 amide bonds. The number of hydrogen-bond donors (Lipinski definition) is 0. The Bertz CT molecular complexity index is 871. The van der Waals surface area contributed by atoms with Crippen LogP contribution in [0.4, 0.5) is 0 Å². The van der Waals surface area contributed by atoms with Crippen molar-refractivity contribution < 1.29 is 14.3 Å². The molecule has 29 heavy (non-hydrogen) atoms. The van der Waals surface area contributed by atoms with Crippen LogP contribution < -0.4 is 4.74 Å². The molecule has 4 rings (SSSR count). The van der Waals surface area contributed by atoms with E-state index in [-0.39, 0.29) is 17.7 Å². The minimum absolute atomic E-state index is 0.0183. The fraction of sp³-hybridized carbons (Fsp3) is 0.500. The van der Waals surface area contributed by atoms with Crippen molar-refractivity contribution in [1.82, 2.24) is 19.6 Å². The number of likely N-dealkylation sites (tertiary alicyclic amines) is 1. The fourth-order valence-electron chi connectivity index (χ4n) is 4.14. The Morgan fingerprint density at radius 2 is 1.86 bits per heavy atom. The second-order valence-corrected chi connectivity index (χ2v) is 7.93. The van der Waals surface area contributed by atoms with Crippen LogP contribution in [0.5, 0.6) is 5.75 Å². The summed E-state index contributed by atoms with van der Waals surface area (Å²) in [6, 6.07) is 11.4. The Morgan fingerprint density at radius 1 is 1.14 bits per heavy atom. The number of piperidine rings is 1. The zero-order chi connectivity index (χ0) is 20.4. The molecule has 154 valence electrons. The zero-order valence-electron chi connectivity index (χ0n) is 17.1. The van der Waals surface area contributed by atoms with Crippen LogP contribution in [0.1, 0.15) is 48.3 Å².